The molecular weight excluding hydrogens is 324 g/mol. The van der Waals surface area contributed by atoms with E-state index in [1.54, 1.807) is 0 Å². The maximum Gasteiger partial charge on any atom is 0.255 e. The van der Waals surface area contributed by atoms with Crippen LogP contribution in [0, 0.1) is 0 Å². The maximum atomic E-state index is 12.6. The normalized spacial score (nSPS) is 19.8. The molecule has 0 saturated carbocycles. The lowest BCUT2D eigenvalue weighted by molar-refractivity contribution is 0.0634. The lowest BCUT2D eigenvalue weighted by Crippen LogP contribution is -2.47. The van der Waals surface area contributed by atoms with E-state index in [9.17, 15) is 4.79 Å². The number of carbonyl (C=O) groups excluding carboxylic acids is 1. The van der Waals surface area contributed by atoms with Gasteiger partial charge in [-0.05, 0) is 61.1 Å². The van der Waals surface area contributed by atoms with E-state index in [2.05, 4.69) is 47.6 Å². The first-order chi connectivity index (χ1) is 8.99. The molecule has 19 heavy (non-hydrogen) atoms. The van der Waals surface area contributed by atoms with Gasteiger partial charge in [-0.3, -0.25) is 4.79 Å². The molecule has 1 saturated heterocycles. The van der Waals surface area contributed by atoms with Gasteiger partial charge in [0.2, 0.25) is 0 Å². The number of likely N-dealkylation sites (N-methyl/N-ethyl adjacent to an activating group) is 1. The lowest BCUT2D eigenvalue weighted by Gasteiger charge is -2.36. The molecule has 1 heterocycles. The van der Waals surface area contributed by atoms with Gasteiger partial charge in [-0.25, -0.2) is 0 Å². The summed E-state index contributed by atoms with van der Waals surface area (Å²) in [5.74, 6) is 0.0920. The average molecular weight is 343 g/mol. The molecule has 1 amide bonds. The third-order valence-electron chi connectivity index (χ3n) is 3.59. The minimum Gasteiger partial charge on any atom is -0.337 e. The third kappa shape index (κ3) is 3.52. The zero-order valence-electron chi connectivity index (χ0n) is 11.3. The number of hydrogen-bond donors (Lipinski definition) is 1. The SMILES string of the molecule is CN(C)C1CCCN(C(=O)c2cc(S)ccc2Br)C1. The molecule has 1 aromatic carbocycles. The van der Waals surface area contributed by atoms with Crippen molar-refractivity contribution in [3.63, 3.8) is 0 Å². The Kier molecular flexibility index (Phi) is 4.92. The van der Waals surface area contributed by atoms with Crippen molar-refractivity contribution in [2.24, 2.45) is 0 Å². The van der Waals surface area contributed by atoms with Crippen molar-refractivity contribution in [1.29, 1.82) is 0 Å². The second kappa shape index (κ2) is 6.29. The number of nitrogens with zero attached hydrogens (tertiary/aromatic N) is 2. The van der Waals surface area contributed by atoms with Gasteiger partial charge in [0.1, 0.15) is 0 Å². The number of carbonyl (C=O) groups is 1. The van der Waals surface area contributed by atoms with Gasteiger partial charge in [0.25, 0.3) is 5.91 Å². The molecule has 0 radical (unpaired) electrons. The predicted molar refractivity (Wildman–Crippen MR) is 84.0 cm³/mol. The summed E-state index contributed by atoms with van der Waals surface area (Å²) in [5, 5.41) is 0. The Morgan fingerprint density at radius 3 is 2.89 bits per heavy atom. The van der Waals surface area contributed by atoms with Crippen LogP contribution in [0.2, 0.25) is 0 Å². The largest absolute Gasteiger partial charge is 0.337 e. The highest BCUT2D eigenvalue weighted by molar-refractivity contribution is 9.10. The van der Waals surface area contributed by atoms with Gasteiger partial charge >= 0.3 is 0 Å². The Labute approximate surface area is 128 Å². The zero-order chi connectivity index (χ0) is 14.0. The third-order valence-corrected chi connectivity index (χ3v) is 4.56. The molecule has 1 aromatic rings. The fourth-order valence-electron chi connectivity index (χ4n) is 2.41. The van der Waals surface area contributed by atoms with Gasteiger partial charge in [-0.15, -0.1) is 12.6 Å². The van der Waals surface area contributed by atoms with Gasteiger partial charge in [-0.1, -0.05) is 0 Å². The van der Waals surface area contributed by atoms with Crippen LogP contribution in [0.1, 0.15) is 23.2 Å². The highest BCUT2D eigenvalue weighted by atomic mass is 79.9. The molecule has 0 N–H and O–H groups in total. The monoisotopic (exact) mass is 342 g/mol. The first kappa shape index (κ1) is 14.9. The molecule has 0 aromatic heterocycles. The number of thiol groups is 1. The van der Waals surface area contributed by atoms with E-state index < -0.39 is 0 Å². The molecular formula is C14H19BrN2OS. The van der Waals surface area contributed by atoms with Crippen molar-refractivity contribution < 1.29 is 4.79 Å². The number of amides is 1. The molecule has 1 aliphatic heterocycles. The number of halogens is 1. The van der Waals surface area contributed by atoms with Crippen LogP contribution in [-0.2, 0) is 0 Å². The van der Waals surface area contributed by atoms with Gasteiger partial charge in [-0.2, -0.15) is 0 Å². The summed E-state index contributed by atoms with van der Waals surface area (Å²) in [7, 11) is 4.14. The van der Waals surface area contributed by atoms with Crippen LogP contribution in [0.5, 0.6) is 0 Å². The van der Waals surface area contributed by atoms with Crippen LogP contribution in [0.4, 0.5) is 0 Å². The molecule has 3 nitrogen and oxygen atoms in total. The number of rotatable bonds is 2. The molecule has 1 fully saturated rings. The highest BCUT2D eigenvalue weighted by Crippen LogP contribution is 2.24. The van der Waals surface area contributed by atoms with Crippen LogP contribution in [0.25, 0.3) is 0 Å². The second-order valence-corrected chi connectivity index (χ2v) is 6.55. The quantitative estimate of drug-likeness (QED) is 0.835. The van der Waals surface area contributed by atoms with E-state index in [1.807, 2.05) is 23.1 Å². The van der Waals surface area contributed by atoms with Crippen LogP contribution >= 0.6 is 28.6 Å². The van der Waals surface area contributed by atoms with E-state index in [4.69, 9.17) is 0 Å². The molecule has 0 bridgehead atoms. The van der Waals surface area contributed by atoms with Crippen molar-refractivity contribution in [2.45, 2.75) is 23.8 Å². The number of benzene rings is 1. The molecule has 1 aliphatic rings. The molecule has 2 rings (SSSR count). The fourth-order valence-corrected chi connectivity index (χ4v) is 3.03. The van der Waals surface area contributed by atoms with Crippen molar-refractivity contribution in [3.8, 4) is 0 Å². The molecule has 1 unspecified atom stereocenters. The predicted octanol–water partition coefficient (Wildman–Crippen LogP) is 2.90. The zero-order valence-corrected chi connectivity index (χ0v) is 13.7. The van der Waals surface area contributed by atoms with Crippen molar-refractivity contribution in [3.05, 3.63) is 28.2 Å². The lowest BCUT2D eigenvalue weighted by atomic mass is 10.0. The summed E-state index contributed by atoms with van der Waals surface area (Å²) in [4.78, 5) is 17.5. The number of piperidine rings is 1. The summed E-state index contributed by atoms with van der Waals surface area (Å²) in [5.41, 5.74) is 0.701. The topological polar surface area (TPSA) is 23.6 Å². The van der Waals surface area contributed by atoms with Crippen LogP contribution in [0.3, 0.4) is 0 Å². The standard InChI is InChI=1S/C14H19BrN2OS/c1-16(2)10-4-3-7-17(9-10)14(18)12-8-11(19)5-6-13(12)15/h5-6,8,10,19H,3-4,7,9H2,1-2H3. The summed E-state index contributed by atoms with van der Waals surface area (Å²) in [6.07, 6.45) is 2.22. The van der Waals surface area contributed by atoms with Crippen molar-refractivity contribution >= 4 is 34.5 Å². The van der Waals surface area contributed by atoms with E-state index in [0.717, 1.165) is 35.3 Å². The van der Waals surface area contributed by atoms with Gasteiger partial charge in [0, 0.05) is 28.5 Å². The number of hydrogen-bond acceptors (Lipinski definition) is 3. The van der Waals surface area contributed by atoms with Crippen molar-refractivity contribution in [1.82, 2.24) is 9.80 Å². The van der Waals surface area contributed by atoms with E-state index in [0.29, 0.717) is 11.6 Å². The smallest absolute Gasteiger partial charge is 0.255 e. The van der Waals surface area contributed by atoms with Crippen LogP contribution in [0.15, 0.2) is 27.6 Å². The summed E-state index contributed by atoms with van der Waals surface area (Å²) in [6.45, 7) is 1.64. The average Bonchev–Trinajstić information content (AvgIpc) is 2.41. The summed E-state index contributed by atoms with van der Waals surface area (Å²) < 4.78 is 0.835. The first-order valence-electron chi connectivity index (χ1n) is 6.43. The van der Waals surface area contributed by atoms with Gasteiger partial charge < -0.3 is 9.80 Å². The summed E-state index contributed by atoms with van der Waals surface area (Å²) in [6, 6.07) is 6.04. The van der Waals surface area contributed by atoms with Crippen LogP contribution < -0.4 is 0 Å². The Hall–Kier alpha value is -0.520. The minimum atomic E-state index is 0.0920. The molecule has 104 valence electrons. The van der Waals surface area contributed by atoms with Gasteiger partial charge in [0.05, 0.1) is 5.56 Å². The molecule has 0 aliphatic carbocycles. The molecule has 0 spiro atoms. The van der Waals surface area contributed by atoms with Gasteiger partial charge in [0.15, 0.2) is 0 Å². The molecule has 5 heteroatoms. The second-order valence-electron chi connectivity index (χ2n) is 5.17. The summed E-state index contributed by atoms with van der Waals surface area (Å²) >= 11 is 7.76. The van der Waals surface area contributed by atoms with E-state index in [1.165, 1.54) is 0 Å². The Balaban J connectivity index is 2.17. The first-order valence-corrected chi connectivity index (χ1v) is 7.67. The Morgan fingerprint density at radius 2 is 2.21 bits per heavy atom. The van der Waals surface area contributed by atoms with E-state index >= 15 is 0 Å². The Morgan fingerprint density at radius 1 is 1.47 bits per heavy atom. The molecule has 1 atom stereocenters. The highest BCUT2D eigenvalue weighted by Gasteiger charge is 2.26. The Bertz CT molecular complexity index is 479. The maximum absolute atomic E-state index is 12.6. The van der Waals surface area contributed by atoms with E-state index in [-0.39, 0.29) is 5.91 Å². The van der Waals surface area contributed by atoms with Crippen LogP contribution in [-0.4, -0.2) is 48.9 Å². The fraction of sp³-hybridized carbons (Fsp3) is 0.500. The minimum absolute atomic E-state index is 0.0920. The van der Waals surface area contributed by atoms with Crippen molar-refractivity contribution in [2.75, 3.05) is 27.2 Å². The number of likely N-dealkylation sites (tertiary alicyclic amines) is 1.